The number of aromatic hydroxyl groups is 2. The third kappa shape index (κ3) is 5.93. The van der Waals surface area contributed by atoms with E-state index in [-0.39, 0.29) is 11.5 Å². The van der Waals surface area contributed by atoms with Crippen LogP contribution in [-0.4, -0.2) is 34.9 Å². The molecular formula is C16H16F2O3S2. The van der Waals surface area contributed by atoms with Crippen molar-refractivity contribution in [2.75, 3.05) is 24.7 Å². The first-order valence-corrected chi connectivity index (χ1v) is 8.84. The first-order chi connectivity index (χ1) is 11.1. The van der Waals surface area contributed by atoms with E-state index in [9.17, 15) is 8.78 Å². The summed E-state index contributed by atoms with van der Waals surface area (Å²) >= 11 is 2.88. The van der Waals surface area contributed by atoms with Crippen molar-refractivity contribution in [1.29, 1.82) is 0 Å². The molecule has 0 aliphatic carbocycles. The van der Waals surface area contributed by atoms with E-state index in [0.717, 1.165) is 9.79 Å². The van der Waals surface area contributed by atoms with Crippen LogP contribution in [0, 0.1) is 11.6 Å². The molecule has 0 radical (unpaired) electrons. The zero-order chi connectivity index (χ0) is 16.7. The van der Waals surface area contributed by atoms with E-state index in [2.05, 4.69) is 0 Å². The lowest BCUT2D eigenvalue weighted by molar-refractivity contribution is 0.167. The molecule has 0 saturated heterocycles. The van der Waals surface area contributed by atoms with E-state index in [0.29, 0.717) is 24.7 Å². The molecule has 23 heavy (non-hydrogen) atoms. The highest BCUT2D eigenvalue weighted by Gasteiger charge is 2.03. The van der Waals surface area contributed by atoms with Crippen LogP contribution in [0.4, 0.5) is 8.78 Å². The molecule has 0 fully saturated rings. The highest BCUT2D eigenvalue weighted by Crippen LogP contribution is 2.25. The monoisotopic (exact) mass is 358 g/mol. The quantitative estimate of drug-likeness (QED) is 0.545. The number of halogens is 2. The SMILES string of the molecule is Oc1ccc(SCCOCCSc2ccc(O)c(F)c2)cc1F. The molecule has 2 aromatic carbocycles. The molecular weight excluding hydrogens is 342 g/mol. The van der Waals surface area contributed by atoms with Gasteiger partial charge in [-0.1, -0.05) is 0 Å². The Kier molecular flexibility index (Phi) is 7.01. The van der Waals surface area contributed by atoms with Crippen molar-refractivity contribution in [3.8, 4) is 11.5 Å². The number of thioether (sulfide) groups is 2. The van der Waals surface area contributed by atoms with Crippen molar-refractivity contribution in [1.82, 2.24) is 0 Å². The molecule has 0 aromatic heterocycles. The van der Waals surface area contributed by atoms with Gasteiger partial charge in [0.25, 0.3) is 0 Å². The highest BCUT2D eigenvalue weighted by atomic mass is 32.2. The minimum atomic E-state index is -0.631. The topological polar surface area (TPSA) is 49.7 Å². The molecule has 0 saturated carbocycles. The number of hydrogen-bond acceptors (Lipinski definition) is 5. The zero-order valence-electron chi connectivity index (χ0n) is 12.2. The van der Waals surface area contributed by atoms with Crippen molar-refractivity contribution in [2.24, 2.45) is 0 Å². The van der Waals surface area contributed by atoms with Crippen LogP contribution in [-0.2, 0) is 4.74 Å². The molecule has 0 aliphatic heterocycles. The van der Waals surface area contributed by atoms with Gasteiger partial charge in [0.15, 0.2) is 23.1 Å². The maximum atomic E-state index is 13.1. The second-order valence-corrected chi connectivity index (χ2v) is 6.87. The molecule has 2 rings (SSSR count). The van der Waals surface area contributed by atoms with Crippen LogP contribution < -0.4 is 0 Å². The summed E-state index contributed by atoms with van der Waals surface area (Å²) in [5.41, 5.74) is 0. The van der Waals surface area contributed by atoms with Crippen molar-refractivity contribution in [3.05, 3.63) is 48.0 Å². The van der Waals surface area contributed by atoms with E-state index >= 15 is 0 Å². The van der Waals surface area contributed by atoms with Gasteiger partial charge in [0.05, 0.1) is 13.2 Å². The molecule has 0 spiro atoms. The van der Waals surface area contributed by atoms with E-state index < -0.39 is 11.6 Å². The smallest absolute Gasteiger partial charge is 0.165 e. The Bertz CT molecular complexity index is 598. The van der Waals surface area contributed by atoms with Crippen molar-refractivity contribution >= 4 is 23.5 Å². The van der Waals surface area contributed by atoms with Crippen LogP contribution in [0.1, 0.15) is 0 Å². The van der Waals surface area contributed by atoms with Gasteiger partial charge in [0.2, 0.25) is 0 Å². The van der Waals surface area contributed by atoms with Crippen LogP contribution in [0.3, 0.4) is 0 Å². The fourth-order valence-corrected chi connectivity index (χ4v) is 3.27. The second kappa shape index (κ2) is 9.00. The normalized spacial score (nSPS) is 10.9. The fraction of sp³-hybridized carbons (Fsp3) is 0.250. The van der Waals surface area contributed by atoms with E-state index in [1.54, 1.807) is 12.1 Å². The maximum Gasteiger partial charge on any atom is 0.165 e. The third-order valence-corrected chi connectivity index (χ3v) is 4.75. The molecule has 2 aromatic rings. The largest absolute Gasteiger partial charge is 0.505 e. The summed E-state index contributed by atoms with van der Waals surface area (Å²) in [6, 6.07) is 8.53. The van der Waals surface area contributed by atoms with Gasteiger partial charge in [-0.15, -0.1) is 23.5 Å². The van der Waals surface area contributed by atoms with Crippen LogP contribution >= 0.6 is 23.5 Å². The lowest BCUT2D eigenvalue weighted by Crippen LogP contribution is -2.01. The Balaban J connectivity index is 1.58. The molecule has 2 N–H and O–H groups in total. The second-order valence-electron chi connectivity index (χ2n) is 4.54. The Hall–Kier alpha value is -1.44. The van der Waals surface area contributed by atoms with Gasteiger partial charge in [0, 0.05) is 21.3 Å². The van der Waals surface area contributed by atoms with Crippen molar-refractivity contribution in [2.45, 2.75) is 9.79 Å². The molecule has 0 aliphatic rings. The van der Waals surface area contributed by atoms with Gasteiger partial charge in [0.1, 0.15) is 0 Å². The average molecular weight is 358 g/mol. The van der Waals surface area contributed by atoms with Crippen LogP contribution in [0.2, 0.25) is 0 Å². The summed E-state index contributed by atoms with van der Waals surface area (Å²) in [6.45, 7) is 1.02. The maximum absolute atomic E-state index is 13.1. The lowest BCUT2D eigenvalue weighted by Gasteiger charge is -2.06. The molecule has 3 nitrogen and oxygen atoms in total. The van der Waals surface area contributed by atoms with Gasteiger partial charge in [-0.05, 0) is 36.4 Å². The van der Waals surface area contributed by atoms with E-state index in [1.807, 2.05) is 0 Å². The van der Waals surface area contributed by atoms with Crippen LogP contribution in [0.25, 0.3) is 0 Å². The Morgan fingerprint density at radius 3 is 1.61 bits per heavy atom. The highest BCUT2D eigenvalue weighted by molar-refractivity contribution is 7.99. The summed E-state index contributed by atoms with van der Waals surface area (Å²) in [5, 5.41) is 18.2. The summed E-state index contributed by atoms with van der Waals surface area (Å²) in [4.78, 5) is 1.47. The summed E-state index contributed by atoms with van der Waals surface area (Å²) in [6.07, 6.45) is 0. The van der Waals surface area contributed by atoms with E-state index in [1.165, 1.54) is 47.8 Å². The number of phenolic OH excluding ortho intramolecular Hbond substituents is 2. The van der Waals surface area contributed by atoms with E-state index in [4.69, 9.17) is 14.9 Å². The Morgan fingerprint density at radius 2 is 1.22 bits per heavy atom. The number of phenols is 2. The average Bonchev–Trinajstić information content (AvgIpc) is 2.53. The van der Waals surface area contributed by atoms with Gasteiger partial charge in [-0.2, -0.15) is 0 Å². The van der Waals surface area contributed by atoms with Gasteiger partial charge in [-0.3, -0.25) is 0 Å². The van der Waals surface area contributed by atoms with Gasteiger partial charge < -0.3 is 14.9 Å². The summed E-state index contributed by atoms with van der Waals surface area (Å²) < 4.78 is 31.7. The molecule has 7 heteroatoms. The summed E-state index contributed by atoms with van der Waals surface area (Å²) in [7, 11) is 0. The van der Waals surface area contributed by atoms with Gasteiger partial charge >= 0.3 is 0 Å². The molecule has 0 atom stereocenters. The molecule has 0 heterocycles. The first-order valence-electron chi connectivity index (χ1n) is 6.86. The summed E-state index contributed by atoms with van der Waals surface area (Å²) in [5.74, 6) is -0.630. The molecule has 0 bridgehead atoms. The van der Waals surface area contributed by atoms with Crippen molar-refractivity contribution in [3.63, 3.8) is 0 Å². The Labute approximate surface area is 141 Å². The van der Waals surface area contributed by atoms with Crippen LogP contribution in [0.5, 0.6) is 11.5 Å². The number of ether oxygens (including phenoxy) is 1. The van der Waals surface area contributed by atoms with Crippen LogP contribution in [0.15, 0.2) is 46.2 Å². The predicted molar refractivity (Wildman–Crippen MR) is 88.4 cm³/mol. The molecule has 0 amide bonds. The lowest BCUT2D eigenvalue weighted by atomic mass is 10.3. The minimum absolute atomic E-state index is 0.353. The predicted octanol–water partition coefficient (Wildman–Crippen LogP) is 4.28. The number of rotatable bonds is 8. The standard InChI is InChI=1S/C16H16F2O3S2/c17-13-9-11(1-3-15(13)19)22-7-5-21-6-8-23-12-2-4-16(20)14(18)10-12/h1-4,9-10,19-20H,5-8H2. The van der Waals surface area contributed by atoms with Crippen molar-refractivity contribution < 1.29 is 23.7 Å². The van der Waals surface area contributed by atoms with Gasteiger partial charge in [-0.25, -0.2) is 8.78 Å². The molecule has 124 valence electrons. The first kappa shape index (κ1) is 17.9. The molecule has 0 unspecified atom stereocenters. The minimum Gasteiger partial charge on any atom is -0.505 e. The third-order valence-electron chi connectivity index (χ3n) is 2.83. The Morgan fingerprint density at radius 1 is 0.783 bits per heavy atom. The zero-order valence-corrected chi connectivity index (χ0v) is 13.8. The fourth-order valence-electron chi connectivity index (χ4n) is 1.69. The number of hydrogen-bond donors (Lipinski definition) is 2. The number of benzene rings is 2.